The van der Waals surface area contributed by atoms with Gasteiger partial charge in [-0.05, 0) is 48.6 Å². The lowest BCUT2D eigenvalue weighted by Crippen LogP contribution is -1.68. The zero-order valence-corrected chi connectivity index (χ0v) is 16.1. The Morgan fingerprint density at radius 2 is 0.889 bits per heavy atom. The van der Waals surface area contributed by atoms with Crippen LogP contribution in [0.1, 0.15) is 9.75 Å². The summed E-state index contributed by atoms with van der Waals surface area (Å²) >= 11 is 4.70. The van der Waals surface area contributed by atoms with E-state index in [1.165, 1.54) is 22.7 Å². The van der Waals surface area contributed by atoms with Crippen LogP contribution in [-0.2, 0) is 0 Å². The van der Waals surface area contributed by atoms with E-state index in [1.807, 2.05) is 60.7 Å². The topological polar surface area (TPSA) is 95.2 Å². The molecule has 0 saturated heterocycles. The average Bonchev–Trinajstić information content (AvgIpc) is 3.44. The molecule has 0 aromatic carbocycles. The number of allylic oxidation sites excluding steroid dienone is 2. The molecule has 0 aliphatic heterocycles. The van der Waals surface area contributed by atoms with E-state index in [4.69, 9.17) is 21.0 Å². The molecule has 3 rings (SSSR count). The molecule has 27 heavy (non-hydrogen) atoms. The van der Waals surface area contributed by atoms with Gasteiger partial charge in [0.05, 0.1) is 0 Å². The van der Waals surface area contributed by atoms with Crippen LogP contribution in [0.5, 0.6) is 0 Å². The van der Waals surface area contributed by atoms with Crippen molar-refractivity contribution in [1.82, 2.24) is 0 Å². The number of nitrogens with zero attached hydrogens (tertiary/aromatic N) is 4. The van der Waals surface area contributed by atoms with Gasteiger partial charge in [0.2, 0.25) is 0 Å². The zero-order valence-electron chi connectivity index (χ0n) is 13.6. The summed E-state index contributed by atoms with van der Waals surface area (Å²) in [6.45, 7) is 0. The largest absolute Gasteiger partial charge is 0.192 e. The van der Waals surface area contributed by atoms with Crippen LogP contribution in [0.4, 0.5) is 0 Å². The van der Waals surface area contributed by atoms with Gasteiger partial charge in [-0.15, -0.1) is 34.0 Å². The van der Waals surface area contributed by atoms with Crippen LogP contribution in [0.15, 0.2) is 47.5 Å². The van der Waals surface area contributed by atoms with Crippen molar-refractivity contribution in [2.75, 3.05) is 0 Å². The van der Waals surface area contributed by atoms with Gasteiger partial charge in [0.25, 0.3) is 0 Å². The highest BCUT2D eigenvalue weighted by Crippen LogP contribution is 2.40. The smallest absolute Gasteiger partial charge is 0.131 e. The Kier molecular flexibility index (Phi) is 5.62. The minimum absolute atomic E-state index is 0.0866. The molecule has 0 atom stereocenters. The molecule has 7 heteroatoms. The SMILES string of the molecule is N#CC(C#N)=Cc1ccc(-c2ccc(-c3ccc(C=C(C#N)C#N)s3)s2)s1. The fraction of sp³-hybridized carbons (Fsp3) is 0. The number of thiophene rings is 3. The fourth-order valence-corrected chi connectivity index (χ4v) is 5.28. The second-order valence-electron chi connectivity index (χ2n) is 5.13. The summed E-state index contributed by atoms with van der Waals surface area (Å²) < 4.78 is 0. The molecule has 0 unspecified atom stereocenters. The van der Waals surface area contributed by atoms with Crippen molar-refractivity contribution in [1.29, 1.82) is 21.0 Å². The van der Waals surface area contributed by atoms with Gasteiger partial charge in [-0.25, -0.2) is 0 Å². The van der Waals surface area contributed by atoms with Gasteiger partial charge < -0.3 is 0 Å². The van der Waals surface area contributed by atoms with Crippen LogP contribution in [0.25, 0.3) is 31.7 Å². The summed E-state index contributed by atoms with van der Waals surface area (Å²) in [5.41, 5.74) is 0.173. The molecule has 0 fully saturated rings. The van der Waals surface area contributed by atoms with Gasteiger partial charge in [0, 0.05) is 29.3 Å². The summed E-state index contributed by atoms with van der Waals surface area (Å²) in [5.74, 6) is 0. The lowest BCUT2D eigenvalue weighted by atomic mass is 10.2. The van der Waals surface area contributed by atoms with Gasteiger partial charge in [0.15, 0.2) is 0 Å². The summed E-state index contributed by atoms with van der Waals surface area (Å²) in [6, 6.07) is 19.3. The van der Waals surface area contributed by atoms with Crippen molar-refractivity contribution < 1.29 is 0 Å². The summed E-state index contributed by atoms with van der Waals surface area (Å²) in [6.07, 6.45) is 3.17. The normalized spacial score (nSPS) is 9.33. The second kappa shape index (κ2) is 8.28. The van der Waals surface area contributed by atoms with E-state index in [0.717, 1.165) is 29.3 Å². The van der Waals surface area contributed by atoms with Crippen molar-refractivity contribution in [3.63, 3.8) is 0 Å². The first-order valence-electron chi connectivity index (χ1n) is 7.51. The van der Waals surface area contributed by atoms with E-state index in [2.05, 4.69) is 0 Å². The standard InChI is InChI=1S/C20H8N4S3/c21-9-13(10-22)7-15-1-3-17(25-15)19-5-6-20(27-19)18-4-2-16(26-18)8-14(11-23)12-24/h1-8H. The van der Waals surface area contributed by atoms with E-state index < -0.39 is 0 Å². The van der Waals surface area contributed by atoms with Gasteiger partial charge in [-0.2, -0.15) is 21.0 Å². The Balaban J connectivity index is 1.85. The molecule has 126 valence electrons. The first kappa shape index (κ1) is 18.3. The third-order valence-electron chi connectivity index (χ3n) is 3.40. The first-order valence-corrected chi connectivity index (χ1v) is 9.96. The minimum atomic E-state index is 0.0866. The predicted octanol–water partition coefficient (Wildman–Crippen LogP) is 6.07. The third kappa shape index (κ3) is 4.21. The van der Waals surface area contributed by atoms with E-state index in [9.17, 15) is 0 Å². The van der Waals surface area contributed by atoms with Crippen LogP contribution in [0.2, 0.25) is 0 Å². The van der Waals surface area contributed by atoms with Crippen molar-refractivity contribution in [2.24, 2.45) is 0 Å². The van der Waals surface area contributed by atoms with Crippen LogP contribution in [0.3, 0.4) is 0 Å². The maximum absolute atomic E-state index is 8.86. The lowest BCUT2D eigenvalue weighted by Gasteiger charge is -1.91. The number of hydrogen-bond acceptors (Lipinski definition) is 7. The van der Waals surface area contributed by atoms with Crippen LogP contribution in [-0.4, -0.2) is 0 Å². The lowest BCUT2D eigenvalue weighted by molar-refractivity contribution is 1.47. The molecule has 0 amide bonds. The van der Waals surface area contributed by atoms with Crippen LogP contribution >= 0.6 is 34.0 Å². The quantitative estimate of drug-likeness (QED) is 0.497. The first-order chi connectivity index (χ1) is 13.2. The highest BCUT2D eigenvalue weighted by molar-refractivity contribution is 7.26. The van der Waals surface area contributed by atoms with Gasteiger partial charge in [0.1, 0.15) is 35.4 Å². The predicted molar refractivity (Wildman–Crippen MR) is 109 cm³/mol. The van der Waals surface area contributed by atoms with Gasteiger partial charge in [-0.3, -0.25) is 0 Å². The van der Waals surface area contributed by atoms with Gasteiger partial charge >= 0.3 is 0 Å². The molecule has 0 aliphatic carbocycles. The monoisotopic (exact) mass is 400 g/mol. The second-order valence-corrected chi connectivity index (χ2v) is 8.45. The van der Waals surface area contributed by atoms with Crippen molar-refractivity contribution in [3.05, 3.63) is 57.3 Å². The van der Waals surface area contributed by atoms with E-state index in [-0.39, 0.29) is 11.1 Å². The molecule has 3 heterocycles. The Morgan fingerprint density at radius 3 is 1.26 bits per heavy atom. The molecule has 3 aromatic heterocycles. The Hall–Kier alpha value is -3.46. The Bertz CT molecular complexity index is 1100. The highest BCUT2D eigenvalue weighted by atomic mass is 32.1. The molecule has 0 spiro atoms. The zero-order chi connectivity index (χ0) is 19.2. The maximum atomic E-state index is 8.86. The van der Waals surface area contributed by atoms with Crippen molar-refractivity contribution in [3.8, 4) is 43.8 Å². The highest BCUT2D eigenvalue weighted by Gasteiger charge is 2.09. The molecule has 3 aromatic rings. The summed E-state index contributed by atoms with van der Waals surface area (Å²) in [7, 11) is 0. The fourth-order valence-electron chi connectivity index (χ4n) is 2.19. The molecule has 0 saturated carbocycles. The Labute approximate surface area is 168 Å². The number of hydrogen-bond donors (Lipinski definition) is 0. The molecular formula is C20H8N4S3. The molecule has 0 radical (unpaired) electrons. The molecular weight excluding hydrogens is 392 g/mol. The van der Waals surface area contributed by atoms with E-state index >= 15 is 0 Å². The van der Waals surface area contributed by atoms with Crippen molar-refractivity contribution >= 4 is 46.2 Å². The van der Waals surface area contributed by atoms with Crippen LogP contribution < -0.4 is 0 Å². The van der Waals surface area contributed by atoms with E-state index in [1.54, 1.807) is 23.5 Å². The third-order valence-corrected chi connectivity index (χ3v) is 6.94. The molecule has 4 nitrogen and oxygen atoms in total. The van der Waals surface area contributed by atoms with Gasteiger partial charge in [-0.1, -0.05) is 0 Å². The van der Waals surface area contributed by atoms with Crippen molar-refractivity contribution in [2.45, 2.75) is 0 Å². The molecule has 0 N–H and O–H groups in total. The number of nitriles is 4. The van der Waals surface area contributed by atoms with Crippen LogP contribution in [0, 0.1) is 45.3 Å². The summed E-state index contributed by atoms with van der Waals surface area (Å²) in [4.78, 5) is 6.07. The average molecular weight is 401 g/mol. The summed E-state index contributed by atoms with van der Waals surface area (Å²) in [5, 5.41) is 35.4. The molecule has 0 bridgehead atoms. The minimum Gasteiger partial charge on any atom is -0.192 e. The molecule has 0 aliphatic rings. The Morgan fingerprint density at radius 1 is 0.556 bits per heavy atom. The van der Waals surface area contributed by atoms with E-state index in [0.29, 0.717) is 0 Å². The number of rotatable bonds is 4. The maximum Gasteiger partial charge on any atom is 0.131 e.